The predicted octanol–water partition coefficient (Wildman–Crippen LogP) is 1.46. The number of hydrogen-bond acceptors (Lipinski definition) is 6. The largest absolute Gasteiger partial charge is 0.394 e. The van der Waals surface area contributed by atoms with Crippen molar-refractivity contribution in [2.75, 3.05) is 11.9 Å². The molecule has 1 aliphatic carbocycles. The summed E-state index contributed by atoms with van der Waals surface area (Å²) in [5.74, 6) is 0.224. The van der Waals surface area contributed by atoms with E-state index in [9.17, 15) is 9.90 Å². The lowest BCUT2D eigenvalue weighted by molar-refractivity contribution is 0.0923. The normalized spacial score (nSPS) is 21.7. The van der Waals surface area contributed by atoms with E-state index >= 15 is 0 Å². The molecule has 0 saturated heterocycles. The van der Waals surface area contributed by atoms with Crippen molar-refractivity contribution in [2.24, 2.45) is 0 Å². The van der Waals surface area contributed by atoms with Gasteiger partial charge >= 0.3 is 0 Å². The molecule has 4 N–H and O–H groups in total. The van der Waals surface area contributed by atoms with Gasteiger partial charge in [0.05, 0.1) is 23.8 Å². The van der Waals surface area contributed by atoms with Crippen LogP contribution in [0.1, 0.15) is 43.0 Å². The van der Waals surface area contributed by atoms with Crippen molar-refractivity contribution in [3.63, 3.8) is 0 Å². The number of rotatable bonds is 5. The molecule has 2 aromatic rings. The molecule has 1 aromatic carbocycles. The molecular weight excluding hydrogens is 320 g/mol. The highest BCUT2D eigenvalue weighted by Crippen LogP contribution is 2.22. The number of para-hydroxylation sites is 1. The predicted molar refractivity (Wildman–Crippen MR) is 95.4 cm³/mol. The van der Waals surface area contributed by atoms with Crippen molar-refractivity contribution in [1.29, 1.82) is 0 Å². The fraction of sp³-hybridized carbons (Fsp3) is 0.500. The Balaban J connectivity index is 1.83. The monoisotopic (exact) mass is 344 g/mol. The standard InChI is InChI=1S/C18H24N4O3/c1-11(10-23)20-17(25)15-4-2-3-12-9-19-18(22-16(12)15)21-13-5-7-14(24)8-6-13/h2-4,9,11,13-14,23-24H,5-8,10H2,1H3,(H,20,25)(H,19,21,22). The first-order valence-corrected chi connectivity index (χ1v) is 8.69. The van der Waals surface area contributed by atoms with Crippen LogP contribution in [0.15, 0.2) is 24.4 Å². The minimum atomic E-state index is -0.323. The molecule has 1 aromatic heterocycles. The van der Waals surface area contributed by atoms with Gasteiger partial charge in [0.25, 0.3) is 5.91 Å². The van der Waals surface area contributed by atoms with Crippen LogP contribution in [-0.4, -0.2) is 50.9 Å². The van der Waals surface area contributed by atoms with E-state index in [1.165, 1.54) is 0 Å². The molecule has 1 aliphatic rings. The number of aliphatic hydroxyl groups excluding tert-OH is 2. The quantitative estimate of drug-likeness (QED) is 0.654. The van der Waals surface area contributed by atoms with Crippen LogP contribution >= 0.6 is 0 Å². The van der Waals surface area contributed by atoms with Gasteiger partial charge in [0, 0.05) is 23.7 Å². The molecule has 1 fully saturated rings. The third kappa shape index (κ3) is 4.24. The molecular formula is C18H24N4O3. The summed E-state index contributed by atoms with van der Waals surface area (Å²) in [6, 6.07) is 5.28. The Morgan fingerprint density at radius 1 is 1.32 bits per heavy atom. The van der Waals surface area contributed by atoms with Gasteiger partial charge in [-0.2, -0.15) is 0 Å². The summed E-state index contributed by atoms with van der Waals surface area (Å²) in [6.45, 7) is 1.62. The molecule has 25 heavy (non-hydrogen) atoms. The van der Waals surface area contributed by atoms with E-state index in [2.05, 4.69) is 20.6 Å². The third-order valence-electron chi connectivity index (χ3n) is 4.54. The Morgan fingerprint density at radius 3 is 2.80 bits per heavy atom. The van der Waals surface area contributed by atoms with Gasteiger partial charge in [-0.05, 0) is 38.7 Å². The fourth-order valence-corrected chi connectivity index (χ4v) is 3.06. The lowest BCUT2D eigenvalue weighted by atomic mass is 9.93. The van der Waals surface area contributed by atoms with Crippen LogP contribution in [0.25, 0.3) is 10.9 Å². The van der Waals surface area contributed by atoms with Crippen molar-refractivity contribution in [2.45, 2.75) is 50.8 Å². The summed E-state index contributed by atoms with van der Waals surface area (Å²) < 4.78 is 0. The van der Waals surface area contributed by atoms with Crippen LogP contribution in [0.5, 0.6) is 0 Å². The van der Waals surface area contributed by atoms with Crippen LogP contribution in [0.2, 0.25) is 0 Å². The first kappa shape index (κ1) is 17.6. The summed E-state index contributed by atoms with van der Waals surface area (Å²) in [6.07, 6.45) is 4.79. The third-order valence-corrected chi connectivity index (χ3v) is 4.54. The summed E-state index contributed by atoms with van der Waals surface area (Å²) in [5, 5.41) is 25.6. The Bertz CT molecular complexity index is 744. The van der Waals surface area contributed by atoms with Gasteiger partial charge in [-0.1, -0.05) is 12.1 Å². The molecule has 1 unspecified atom stereocenters. The molecule has 7 nitrogen and oxygen atoms in total. The molecule has 1 amide bonds. The van der Waals surface area contributed by atoms with E-state index in [4.69, 9.17) is 5.11 Å². The minimum Gasteiger partial charge on any atom is -0.394 e. The first-order valence-electron chi connectivity index (χ1n) is 8.69. The molecule has 0 bridgehead atoms. The average molecular weight is 344 g/mol. The van der Waals surface area contributed by atoms with Gasteiger partial charge < -0.3 is 20.8 Å². The number of benzene rings is 1. The highest BCUT2D eigenvalue weighted by atomic mass is 16.3. The van der Waals surface area contributed by atoms with Crippen molar-refractivity contribution >= 4 is 22.8 Å². The van der Waals surface area contributed by atoms with Crippen molar-refractivity contribution in [3.05, 3.63) is 30.0 Å². The fourth-order valence-electron chi connectivity index (χ4n) is 3.06. The van der Waals surface area contributed by atoms with Crippen LogP contribution in [0.3, 0.4) is 0 Å². The van der Waals surface area contributed by atoms with Gasteiger partial charge in [0.1, 0.15) is 0 Å². The second-order valence-corrected chi connectivity index (χ2v) is 6.64. The minimum absolute atomic E-state index is 0.119. The summed E-state index contributed by atoms with van der Waals surface area (Å²) in [7, 11) is 0. The molecule has 134 valence electrons. The summed E-state index contributed by atoms with van der Waals surface area (Å²) >= 11 is 0. The van der Waals surface area contributed by atoms with Crippen LogP contribution in [-0.2, 0) is 0 Å². The number of hydrogen-bond donors (Lipinski definition) is 4. The number of amides is 1. The van der Waals surface area contributed by atoms with E-state index < -0.39 is 0 Å². The van der Waals surface area contributed by atoms with Crippen LogP contribution < -0.4 is 10.6 Å². The lowest BCUT2D eigenvalue weighted by Crippen LogP contribution is -2.35. The summed E-state index contributed by atoms with van der Waals surface area (Å²) in [5.41, 5.74) is 1.04. The highest BCUT2D eigenvalue weighted by molar-refractivity contribution is 6.05. The molecule has 1 heterocycles. The zero-order chi connectivity index (χ0) is 17.8. The van der Waals surface area contributed by atoms with Gasteiger partial charge in [-0.15, -0.1) is 0 Å². The maximum atomic E-state index is 12.4. The topological polar surface area (TPSA) is 107 Å². The second kappa shape index (κ2) is 7.76. The SMILES string of the molecule is CC(CO)NC(=O)c1cccc2cnc(NC3CCC(O)CC3)nc12. The Hall–Kier alpha value is -2.25. The maximum absolute atomic E-state index is 12.4. The van der Waals surface area contributed by atoms with E-state index in [1.54, 1.807) is 25.3 Å². The van der Waals surface area contributed by atoms with Gasteiger partial charge in [0.15, 0.2) is 0 Å². The molecule has 1 saturated carbocycles. The van der Waals surface area contributed by atoms with Crippen molar-refractivity contribution < 1.29 is 15.0 Å². The molecule has 7 heteroatoms. The number of fused-ring (bicyclic) bond motifs is 1. The number of aromatic nitrogens is 2. The average Bonchev–Trinajstić information content (AvgIpc) is 2.63. The van der Waals surface area contributed by atoms with E-state index in [0.29, 0.717) is 17.0 Å². The van der Waals surface area contributed by atoms with Crippen molar-refractivity contribution in [1.82, 2.24) is 15.3 Å². The summed E-state index contributed by atoms with van der Waals surface area (Å²) in [4.78, 5) is 21.3. The van der Waals surface area contributed by atoms with E-state index in [-0.39, 0.29) is 30.7 Å². The molecule has 0 spiro atoms. The maximum Gasteiger partial charge on any atom is 0.253 e. The smallest absolute Gasteiger partial charge is 0.253 e. The molecule has 0 radical (unpaired) electrons. The Kier molecular flexibility index (Phi) is 5.45. The van der Waals surface area contributed by atoms with Gasteiger partial charge in [-0.3, -0.25) is 4.79 Å². The van der Waals surface area contributed by atoms with Gasteiger partial charge in [-0.25, -0.2) is 9.97 Å². The number of nitrogens with zero attached hydrogens (tertiary/aromatic N) is 2. The zero-order valence-corrected chi connectivity index (χ0v) is 14.3. The lowest BCUT2D eigenvalue weighted by Gasteiger charge is -2.26. The second-order valence-electron chi connectivity index (χ2n) is 6.64. The highest BCUT2D eigenvalue weighted by Gasteiger charge is 2.20. The molecule has 1 atom stereocenters. The van der Waals surface area contributed by atoms with Crippen LogP contribution in [0, 0.1) is 0 Å². The number of nitrogens with one attached hydrogen (secondary N) is 2. The molecule has 3 rings (SSSR count). The number of carbonyl (C=O) groups is 1. The zero-order valence-electron chi connectivity index (χ0n) is 14.3. The number of carbonyl (C=O) groups excluding carboxylic acids is 1. The Morgan fingerprint density at radius 2 is 2.08 bits per heavy atom. The van der Waals surface area contributed by atoms with E-state index in [0.717, 1.165) is 31.1 Å². The van der Waals surface area contributed by atoms with Crippen molar-refractivity contribution in [3.8, 4) is 0 Å². The molecule has 0 aliphatic heterocycles. The Labute approximate surface area is 146 Å². The van der Waals surface area contributed by atoms with Gasteiger partial charge in [0.2, 0.25) is 5.95 Å². The van der Waals surface area contributed by atoms with Crippen LogP contribution in [0.4, 0.5) is 5.95 Å². The number of aliphatic hydroxyl groups is 2. The first-order chi connectivity index (χ1) is 12.1. The van der Waals surface area contributed by atoms with E-state index in [1.807, 2.05) is 6.07 Å². The number of anilines is 1.